The molecule has 0 atom stereocenters. The molecule has 0 amide bonds. The normalized spacial score (nSPS) is 15.4. The number of allylic oxidation sites excluding steroid dienone is 1. The van der Waals surface area contributed by atoms with Gasteiger partial charge in [0.1, 0.15) is 5.82 Å². The number of dihydropyridines is 1. The van der Waals surface area contributed by atoms with E-state index in [0.29, 0.717) is 17.1 Å². The summed E-state index contributed by atoms with van der Waals surface area (Å²) in [6, 6.07) is 0. The fourth-order valence-corrected chi connectivity index (χ4v) is 1.68. The standard InChI is InChI=1S/C10H8ClFN2/c11-8-5-14-6-9(12)10(8)7-1-3-13-4-2-7/h1,3,5-6H,2,4H2. The van der Waals surface area contributed by atoms with Crippen LogP contribution in [0, 0.1) is 5.82 Å². The SMILES string of the molecule is Fc1cncc(Cl)c1C1=CC=NCC1. The van der Waals surface area contributed by atoms with Crippen molar-refractivity contribution in [2.24, 2.45) is 4.99 Å². The van der Waals surface area contributed by atoms with Crippen LogP contribution in [-0.2, 0) is 0 Å². The molecule has 0 saturated heterocycles. The van der Waals surface area contributed by atoms with Crippen LogP contribution in [0.15, 0.2) is 23.5 Å². The van der Waals surface area contributed by atoms with Crippen molar-refractivity contribution >= 4 is 23.4 Å². The van der Waals surface area contributed by atoms with Crippen LogP contribution in [0.4, 0.5) is 4.39 Å². The number of halogens is 2. The van der Waals surface area contributed by atoms with Gasteiger partial charge in [-0.2, -0.15) is 0 Å². The minimum Gasteiger partial charge on any atom is -0.293 e. The molecule has 1 aliphatic rings. The van der Waals surface area contributed by atoms with E-state index in [1.54, 1.807) is 12.3 Å². The predicted octanol–water partition coefficient (Wildman–Crippen LogP) is 2.73. The lowest BCUT2D eigenvalue weighted by Gasteiger charge is -2.10. The van der Waals surface area contributed by atoms with Gasteiger partial charge in [0.05, 0.1) is 11.2 Å². The molecule has 0 bridgehead atoms. The molecule has 72 valence electrons. The molecular formula is C10H8ClFN2. The van der Waals surface area contributed by atoms with E-state index < -0.39 is 0 Å². The van der Waals surface area contributed by atoms with Crippen LogP contribution in [0.3, 0.4) is 0 Å². The van der Waals surface area contributed by atoms with E-state index in [1.807, 2.05) is 0 Å². The Morgan fingerprint density at radius 1 is 1.36 bits per heavy atom. The van der Waals surface area contributed by atoms with Gasteiger partial charge < -0.3 is 0 Å². The molecule has 1 aromatic heterocycles. The Hall–Kier alpha value is -1.22. The second-order valence-corrected chi connectivity index (χ2v) is 3.38. The molecule has 2 rings (SSSR count). The first kappa shape index (κ1) is 9.34. The fraction of sp³-hybridized carbons (Fsp3) is 0.200. The minimum atomic E-state index is -0.376. The van der Waals surface area contributed by atoms with Crippen molar-refractivity contribution in [3.8, 4) is 0 Å². The molecule has 0 saturated carbocycles. The molecule has 2 nitrogen and oxygen atoms in total. The van der Waals surface area contributed by atoms with Gasteiger partial charge in [0, 0.05) is 24.5 Å². The summed E-state index contributed by atoms with van der Waals surface area (Å²) < 4.78 is 13.4. The maximum Gasteiger partial charge on any atom is 0.150 e. The molecule has 1 aromatic rings. The molecule has 0 spiro atoms. The van der Waals surface area contributed by atoms with Gasteiger partial charge in [-0.1, -0.05) is 11.6 Å². The highest BCUT2D eigenvalue weighted by Gasteiger charge is 2.13. The smallest absolute Gasteiger partial charge is 0.150 e. The van der Waals surface area contributed by atoms with Crippen molar-refractivity contribution in [2.45, 2.75) is 6.42 Å². The first-order valence-corrected chi connectivity index (χ1v) is 4.65. The van der Waals surface area contributed by atoms with Crippen molar-refractivity contribution in [2.75, 3.05) is 6.54 Å². The van der Waals surface area contributed by atoms with Crippen LogP contribution in [0.2, 0.25) is 5.02 Å². The summed E-state index contributed by atoms with van der Waals surface area (Å²) >= 11 is 5.88. The molecular weight excluding hydrogens is 203 g/mol. The Balaban J connectivity index is 2.50. The van der Waals surface area contributed by atoms with Gasteiger partial charge in [0.2, 0.25) is 0 Å². The van der Waals surface area contributed by atoms with Crippen molar-refractivity contribution in [1.29, 1.82) is 0 Å². The Labute approximate surface area is 86.1 Å². The molecule has 0 aromatic carbocycles. The number of aliphatic imine (C=N–C) groups is 1. The van der Waals surface area contributed by atoms with Crippen molar-refractivity contribution in [3.05, 3.63) is 34.9 Å². The summed E-state index contributed by atoms with van der Waals surface area (Å²) in [7, 11) is 0. The third-order valence-corrected chi connectivity index (χ3v) is 2.35. The average Bonchev–Trinajstić information content (AvgIpc) is 2.19. The van der Waals surface area contributed by atoms with Gasteiger partial charge in [0.15, 0.2) is 0 Å². The van der Waals surface area contributed by atoms with Gasteiger partial charge in [0.25, 0.3) is 0 Å². The highest BCUT2D eigenvalue weighted by Crippen LogP contribution is 2.28. The number of pyridine rings is 1. The zero-order chi connectivity index (χ0) is 9.97. The molecule has 0 aliphatic carbocycles. The maximum absolute atomic E-state index is 13.4. The molecule has 0 radical (unpaired) electrons. The second-order valence-electron chi connectivity index (χ2n) is 2.98. The van der Waals surface area contributed by atoms with Crippen LogP contribution in [-0.4, -0.2) is 17.7 Å². The third kappa shape index (κ3) is 1.68. The Morgan fingerprint density at radius 2 is 2.21 bits per heavy atom. The summed E-state index contributed by atoms with van der Waals surface area (Å²) in [5.41, 5.74) is 1.33. The molecule has 0 N–H and O–H groups in total. The van der Waals surface area contributed by atoms with Crippen LogP contribution in [0.25, 0.3) is 5.57 Å². The molecule has 2 heterocycles. The summed E-state index contributed by atoms with van der Waals surface area (Å²) in [5, 5.41) is 0.353. The van der Waals surface area contributed by atoms with Gasteiger partial charge in [-0.15, -0.1) is 0 Å². The third-order valence-electron chi connectivity index (χ3n) is 2.07. The molecule has 1 aliphatic heterocycles. The lowest BCUT2D eigenvalue weighted by Crippen LogP contribution is -1.98. The molecule has 0 fully saturated rings. The number of aromatic nitrogens is 1. The summed E-state index contributed by atoms with van der Waals surface area (Å²) in [4.78, 5) is 7.70. The first-order chi connectivity index (χ1) is 6.79. The number of nitrogens with zero attached hydrogens (tertiary/aromatic N) is 2. The maximum atomic E-state index is 13.4. The molecule has 0 unspecified atom stereocenters. The monoisotopic (exact) mass is 210 g/mol. The molecule has 14 heavy (non-hydrogen) atoms. The number of rotatable bonds is 1. The van der Waals surface area contributed by atoms with Gasteiger partial charge in [-0.3, -0.25) is 9.98 Å². The Kier molecular flexibility index (Phi) is 2.59. The number of hydrogen-bond acceptors (Lipinski definition) is 2. The van der Waals surface area contributed by atoms with Gasteiger partial charge in [-0.25, -0.2) is 4.39 Å². The van der Waals surface area contributed by atoms with Crippen molar-refractivity contribution in [3.63, 3.8) is 0 Å². The van der Waals surface area contributed by atoms with Crippen LogP contribution in [0.5, 0.6) is 0 Å². The Bertz CT molecular complexity index is 392. The fourth-order valence-electron chi connectivity index (χ4n) is 1.41. The van der Waals surface area contributed by atoms with Gasteiger partial charge in [-0.05, 0) is 18.1 Å². The first-order valence-electron chi connectivity index (χ1n) is 4.27. The summed E-state index contributed by atoms with van der Waals surface area (Å²) in [6.45, 7) is 0.684. The van der Waals surface area contributed by atoms with E-state index >= 15 is 0 Å². The highest BCUT2D eigenvalue weighted by molar-refractivity contribution is 6.32. The van der Waals surface area contributed by atoms with E-state index in [4.69, 9.17) is 11.6 Å². The van der Waals surface area contributed by atoms with E-state index in [2.05, 4.69) is 9.98 Å². The lowest BCUT2D eigenvalue weighted by atomic mass is 10.0. The van der Waals surface area contributed by atoms with Crippen LogP contribution >= 0.6 is 11.6 Å². The average molecular weight is 211 g/mol. The van der Waals surface area contributed by atoms with E-state index in [-0.39, 0.29) is 5.82 Å². The quantitative estimate of drug-likeness (QED) is 0.700. The van der Waals surface area contributed by atoms with E-state index in [0.717, 1.165) is 12.0 Å². The van der Waals surface area contributed by atoms with Crippen LogP contribution < -0.4 is 0 Å². The largest absolute Gasteiger partial charge is 0.293 e. The molecule has 4 heteroatoms. The van der Waals surface area contributed by atoms with Crippen LogP contribution in [0.1, 0.15) is 12.0 Å². The topological polar surface area (TPSA) is 25.2 Å². The minimum absolute atomic E-state index is 0.353. The van der Waals surface area contributed by atoms with Crippen molar-refractivity contribution in [1.82, 2.24) is 4.98 Å². The summed E-state index contributed by atoms with van der Waals surface area (Å²) in [6.07, 6.45) is 6.81. The second kappa shape index (κ2) is 3.88. The lowest BCUT2D eigenvalue weighted by molar-refractivity contribution is 0.616. The van der Waals surface area contributed by atoms with Crippen molar-refractivity contribution < 1.29 is 4.39 Å². The zero-order valence-electron chi connectivity index (χ0n) is 7.37. The van der Waals surface area contributed by atoms with E-state index in [1.165, 1.54) is 12.4 Å². The number of hydrogen-bond donors (Lipinski definition) is 0. The Morgan fingerprint density at radius 3 is 2.86 bits per heavy atom. The summed E-state index contributed by atoms with van der Waals surface area (Å²) in [5.74, 6) is -0.376. The highest BCUT2D eigenvalue weighted by atomic mass is 35.5. The van der Waals surface area contributed by atoms with Gasteiger partial charge >= 0.3 is 0 Å². The predicted molar refractivity (Wildman–Crippen MR) is 55.2 cm³/mol. The zero-order valence-corrected chi connectivity index (χ0v) is 8.13. The van der Waals surface area contributed by atoms with E-state index in [9.17, 15) is 4.39 Å².